The summed E-state index contributed by atoms with van der Waals surface area (Å²) in [5.74, 6) is 1.54. The van der Waals surface area contributed by atoms with Gasteiger partial charge in [0.25, 0.3) is 0 Å². The van der Waals surface area contributed by atoms with Gasteiger partial charge in [0.2, 0.25) is 0 Å². The Hall–Kier alpha value is -0.590. The maximum atomic E-state index is 11.1. The smallest absolute Gasteiger partial charge is 0.155 e. The third-order valence-corrected chi connectivity index (χ3v) is 2.40. The van der Waals surface area contributed by atoms with Crippen molar-refractivity contribution in [1.82, 2.24) is 0 Å². The molecule has 0 saturated heterocycles. The van der Waals surface area contributed by atoms with E-state index in [9.17, 15) is 4.79 Å². The lowest BCUT2D eigenvalue weighted by Crippen LogP contribution is -2.17. The van der Waals surface area contributed by atoms with Gasteiger partial charge in [-0.1, -0.05) is 19.4 Å². The second-order valence-corrected chi connectivity index (χ2v) is 3.87. The third kappa shape index (κ3) is 2.18. The van der Waals surface area contributed by atoms with Crippen LogP contribution in [-0.4, -0.2) is 5.78 Å². The van der Waals surface area contributed by atoms with Crippen LogP contribution in [0.2, 0.25) is 0 Å². The largest absolute Gasteiger partial charge is 0.295 e. The fourth-order valence-electron chi connectivity index (χ4n) is 1.61. The topological polar surface area (TPSA) is 17.1 Å². The van der Waals surface area contributed by atoms with Crippen LogP contribution in [0.3, 0.4) is 0 Å². The Morgan fingerprint density at radius 3 is 2.55 bits per heavy atom. The van der Waals surface area contributed by atoms with Crippen LogP contribution < -0.4 is 0 Å². The van der Waals surface area contributed by atoms with Crippen molar-refractivity contribution < 1.29 is 4.79 Å². The predicted molar refractivity (Wildman–Crippen MR) is 46.3 cm³/mol. The van der Waals surface area contributed by atoms with Crippen LogP contribution in [0, 0.1) is 11.8 Å². The van der Waals surface area contributed by atoms with Crippen molar-refractivity contribution in [3.63, 3.8) is 0 Å². The third-order valence-electron chi connectivity index (χ3n) is 2.40. The van der Waals surface area contributed by atoms with E-state index >= 15 is 0 Å². The molecule has 62 valence electrons. The summed E-state index contributed by atoms with van der Waals surface area (Å²) in [5, 5.41) is 0. The van der Waals surface area contributed by atoms with E-state index in [2.05, 4.69) is 13.8 Å². The van der Waals surface area contributed by atoms with E-state index in [-0.39, 0.29) is 0 Å². The molecule has 0 fully saturated rings. The van der Waals surface area contributed by atoms with Crippen LogP contribution in [0.25, 0.3) is 0 Å². The molecule has 0 N–H and O–H groups in total. The molecule has 0 aliphatic heterocycles. The molecule has 0 bridgehead atoms. The summed E-state index contributed by atoms with van der Waals surface area (Å²) >= 11 is 0. The molecule has 0 radical (unpaired) electrons. The highest BCUT2D eigenvalue weighted by Gasteiger charge is 2.20. The highest BCUT2D eigenvalue weighted by atomic mass is 16.1. The molecule has 0 amide bonds. The molecule has 1 atom stereocenters. The normalized spacial score (nSPS) is 25.6. The van der Waals surface area contributed by atoms with Crippen LogP contribution in [0.15, 0.2) is 11.6 Å². The number of hydrogen-bond donors (Lipinski definition) is 0. The van der Waals surface area contributed by atoms with E-state index in [1.54, 1.807) is 6.08 Å². The molecule has 0 heterocycles. The van der Waals surface area contributed by atoms with Crippen molar-refractivity contribution in [3.05, 3.63) is 11.6 Å². The van der Waals surface area contributed by atoms with E-state index in [4.69, 9.17) is 0 Å². The van der Waals surface area contributed by atoms with Gasteiger partial charge in [0.1, 0.15) is 0 Å². The maximum absolute atomic E-state index is 11.1. The van der Waals surface area contributed by atoms with E-state index < -0.39 is 0 Å². The van der Waals surface area contributed by atoms with Gasteiger partial charge in [-0.15, -0.1) is 0 Å². The highest BCUT2D eigenvalue weighted by molar-refractivity contribution is 5.91. The van der Waals surface area contributed by atoms with Crippen LogP contribution >= 0.6 is 0 Å². The number of hydrogen-bond acceptors (Lipinski definition) is 1. The molecule has 0 unspecified atom stereocenters. The molecule has 0 spiro atoms. The number of ketones is 1. The average molecular weight is 152 g/mol. The van der Waals surface area contributed by atoms with Crippen molar-refractivity contribution in [2.75, 3.05) is 0 Å². The predicted octanol–water partition coefficient (Wildman–Crippen LogP) is 2.57. The first-order valence-electron chi connectivity index (χ1n) is 4.29. The summed E-state index contributed by atoms with van der Waals surface area (Å²) in [6, 6.07) is 0. The molecule has 1 aliphatic rings. The van der Waals surface area contributed by atoms with Gasteiger partial charge in [-0.05, 0) is 31.3 Å². The minimum Gasteiger partial charge on any atom is -0.295 e. The van der Waals surface area contributed by atoms with E-state index in [0.29, 0.717) is 17.6 Å². The monoisotopic (exact) mass is 152 g/mol. The van der Waals surface area contributed by atoms with Gasteiger partial charge in [-0.3, -0.25) is 4.79 Å². The van der Waals surface area contributed by atoms with E-state index in [1.807, 2.05) is 6.92 Å². The zero-order valence-corrected chi connectivity index (χ0v) is 7.55. The van der Waals surface area contributed by atoms with Crippen LogP contribution in [0.4, 0.5) is 0 Å². The molecular weight excluding hydrogens is 136 g/mol. The minimum absolute atomic E-state index is 0.312. The van der Waals surface area contributed by atoms with Crippen LogP contribution in [-0.2, 0) is 4.79 Å². The van der Waals surface area contributed by atoms with Crippen molar-refractivity contribution in [1.29, 1.82) is 0 Å². The summed E-state index contributed by atoms with van der Waals surface area (Å²) < 4.78 is 0. The Bertz CT molecular complexity index is 189. The number of carbonyl (C=O) groups excluding carboxylic acids is 1. The summed E-state index contributed by atoms with van der Waals surface area (Å²) in [6.45, 7) is 6.43. The van der Waals surface area contributed by atoms with Crippen LogP contribution in [0.1, 0.15) is 33.6 Å². The number of carbonyl (C=O) groups is 1. The van der Waals surface area contributed by atoms with Gasteiger partial charge in [-0.25, -0.2) is 0 Å². The van der Waals surface area contributed by atoms with Gasteiger partial charge in [-0.2, -0.15) is 0 Å². The Morgan fingerprint density at radius 2 is 2.09 bits per heavy atom. The first-order chi connectivity index (χ1) is 5.09. The van der Waals surface area contributed by atoms with Crippen molar-refractivity contribution >= 4 is 5.78 Å². The number of rotatable bonds is 1. The van der Waals surface area contributed by atoms with Gasteiger partial charge in [0.05, 0.1) is 0 Å². The molecular formula is C10H16O. The summed E-state index contributed by atoms with van der Waals surface area (Å²) in [6.07, 6.45) is 3.66. The Labute approximate surface area is 68.5 Å². The first-order valence-corrected chi connectivity index (χ1v) is 4.29. The van der Waals surface area contributed by atoms with Crippen molar-refractivity contribution in [2.45, 2.75) is 33.6 Å². The Morgan fingerprint density at radius 1 is 1.45 bits per heavy atom. The quantitative estimate of drug-likeness (QED) is 0.564. The first kappa shape index (κ1) is 8.51. The molecule has 0 aromatic heterocycles. The van der Waals surface area contributed by atoms with Crippen LogP contribution in [0.5, 0.6) is 0 Å². The van der Waals surface area contributed by atoms with Crippen molar-refractivity contribution in [3.8, 4) is 0 Å². The lowest BCUT2D eigenvalue weighted by Gasteiger charge is -2.23. The molecule has 0 aromatic rings. The fraction of sp³-hybridized carbons (Fsp3) is 0.700. The lowest BCUT2D eigenvalue weighted by atomic mass is 9.81. The van der Waals surface area contributed by atoms with Gasteiger partial charge in [0.15, 0.2) is 5.78 Å². The molecule has 1 rings (SSSR count). The molecule has 0 aromatic carbocycles. The summed E-state index contributed by atoms with van der Waals surface area (Å²) in [5.41, 5.74) is 1.25. The molecule has 0 saturated carbocycles. The fourth-order valence-corrected chi connectivity index (χ4v) is 1.61. The standard InChI is InChI=1S/C10H16O/c1-7(2)9-4-8(3)5-10(11)6-9/h5,7,9H,4,6H2,1-3H3/t9-/m0/s1. The van der Waals surface area contributed by atoms with E-state index in [0.717, 1.165) is 12.8 Å². The Kier molecular flexibility index (Phi) is 2.48. The summed E-state index contributed by atoms with van der Waals surface area (Å²) in [4.78, 5) is 11.1. The highest BCUT2D eigenvalue weighted by Crippen LogP contribution is 2.27. The molecule has 1 aliphatic carbocycles. The van der Waals surface area contributed by atoms with E-state index in [1.165, 1.54) is 5.57 Å². The number of allylic oxidation sites excluding steroid dienone is 2. The lowest BCUT2D eigenvalue weighted by molar-refractivity contribution is -0.116. The molecule has 1 heteroatoms. The SMILES string of the molecule is CC1=CC(=O)C[C@@H](C(C)C)C1. The zero-order chi connectivity index (χ0) is 8.43. The minimum atomic E-state index is 0.312. The van der Waals surface area contributed by atoms with Gasteiger partial charge < -0.3 is 0 Å². The van der Waals surface area contributed by atoms with Gasteiger partial charge in [0, 0.05) is 6.42 Å². The second kappa shape index (κ2) is 3.21. The molecule has 1 nitrogen and oxygen atoms in total. The maximum Gasteiger partial charge on any atom is 0.155 e. The van der Waals surface area contributed by atoms with Crippen molar-refractivity contribution in [2.24, 2.45) is 11.8 Å². The summed E-state index contributed by atoms with van der Waals surface area (Å²) in [7, 11) is 0. The zero-order valence-electron chi connectivity index (χ0n) is 7.55. The second-order valence-electron chi connectivity index (χ2n) is 3.87. The average Bonchev–Trinajstić information content (AvgIpc) is 1.85. The molecule has 11 heavy (non-hydrogen) atoms. The Balaban J connectivity index is 2.64. The van der Waals surface area contributed by atoms with Gasteiger partial charge >= 0.3 is 0 Å².